The number of nitrogens with zero attached hydrogens (tertiary/aromatic N) is 1. The quantitative estimate of drug-likeness (QED) is 0.591. The Bertz CT molecular complexity index is 873. The van der Waals surface area contributed by atoms with Crippen molar-refractivity contribution in [2.45, 2.75) is 32.1 Å². The van der Waals surface area contributed by atoms with Crippen LogP contribution in [0.1, 0.15) is 32.1 Å². The molecule has 1 aromatic carbocycles. The monoisotopic (exact) mass is 379 g/mol. The molecule has 5 rings (SSSR count). The normalized spacial score (nSPS) is 31.0. The standard InChI is InChI=1S/C23H25NO4/c1-27-14-8-11-17(18(12-14)28-2)24-22(25)20-15-9-10-16(21(20)23(24)26)19(15)13-6-4-3-5-7-13/h8-12,15-16,20-21H,3-7H2,1-2H3/t15-,16+,20-,21-/m0/s1. The maximum Gasteiger partial charge on any atom is 0.238 e. The van der Waals surface area contributed by atoms with Gasteiger partial charge in [0.25, 0.3) is 0 Å². The van der Waals surface area contributed by atoms with Crippen LogP contribution in [-0.2, 0) is 9.59 Å². The molecule has 3 fully saturated rings. The number of amides is 2. The summed E-state index contributed by atoms with van der Waals surface area (Å²) in [6, 6.07) is 5.21. The topological polar surface area (TPSA) is 55.8 Å². The van der Waals surface area contributed by atoms with Gasteiger partial charge in [0, 0.05) is 17.9 Å². The lowest BCUT2D eigenvalue weighted by atomic mass is 9.85. The first-order valence-corrected chi connectivity index (χ1v) is 10.2. The second-order valence-electron chi connectivity index (χ2n) is 8.16. The Balaban J connectivity index is 1.52. The Morgan fingerprint density at radius 1 is 0.893 bits per heavy atom. The van der Waals surface area contributed by atoms with Crippen molar-refractivity contribution in [2.24, 2.45) is 23.7 Å². The first kappa shape index (κ1) is 17.5. The van der Waals surface area contributed by atoms with Crippen LogP contribution >= 0.6 is 0 Å². The van der Waals surface area contributed by atoms with Crippen molar-refractivity contribution < 1.29 is 19.1 Å². The number of fused-ring (bicyclic) bond motifs is 5. The van der Waals surface area contributed by atoms with Gasteiger partial charge < -0.3 is 9.47 Å². The Morgan fingerprint density at radius 3 is 2.11 bits per heavy atom. The summed E-state index contributed by atoms with van der Waals surface area (Å²) in [5, 5.41) is 0. The van der Waals surface area contributed by atoms with Gasteiger partial charge in [0.2, 0.25) is 11.8 Å². The molecule has 0 N–H and O–H groups in total. The van der Waals surface area contributed by atoms with Crippen LogP contribution in [0.15, 0.2) is 41.5 Å². The second-order valence-corrected chi connectivity index (χ2v) is 8.16. The van der Waals surface area contributed by atoms with E-state index >= 15 is 0 Å². The molecule has 4 aliphatic rings. The lowest BCUT2D eigenvalue weighted by Gasteiger charge is -2.24. The van der Waals surface area contributed by atoms with Crippen molar-refractivity contribution in [3.05, 3.63) is 41.5 Å². The fraction of sp³-hybridized carbons (Fsp3) is 0.478. The molecule has 0 aromatic heterocycles. The highest BCUT2D eigenvalue weighted by molar-refractivity contribution is 6.24. The molecule has 0 unspecified atom stereocenters. The summed E-state index contributed by atoms with van der Waals surface area (Å²) in [5.41, 5.74) is 3.41. The number of anilines is 1. The molecule has 28 heavy (non-hydrogen) atoms. The van der Waals surface area contributed by atoms with Gasteiger partial charge in [0.15, 0.2) is 0 Å². The smallest absolute Gasteiger partial charge is 0.238 e. The molecule has 0 radical (unpaired) electrons. The summed E-state index contributed by atoms with van der Waals surface area (Å²) in [5.74, 6) is 0.576. The zero-order valence-electron chi connectivity index (χ0n) is 16.3. The van der Waals surface area contributed by atoms with Crippen LogP contribution in [0, 0.1) is 23.7 Å². The molecule has 2 amide bonds. The number of allylic oxidation sites excluding steroid dienone is 4. The molecule has 146 valence electrons. The summed E-state index contributed by atoms with van der Waals surface area (Å²) in [6.45, 7) is 0. The second kappa shape index (κ2) is 6.50. The number of carbonyl (C=O) groups is 2. The largest absolute Gasteiger partial charge is 0.497 e. The van der Waals surface area contributed by atoms with E-state index in [0.29, 0.717) is 17.2 Å². The number of benzene rings is 1. The molecule has 2 saturated carbocycles. The molecule has 1 heterocycles. The van der Waals surface area contributed by atoms with Crippen molar-refractivity contribution in [2.75, 3.05) is 19.1 Å². The predicted octanol–water partition coefficient (Wildman–Crippen LogP) is 3.89. The van der Waals surface area contributed by atoms with E-state index in [9.17, 15) is 9.59 Å². The van der Waals surface area contributed by atoms with Crippen LogP contribution in [0.25, 0.3) is 0 Å². The highest BCUT2D eigenvalue weighted by Crippen LogP contribution is 2.58. The van der Waals surface area contributed by atoms with Crippen LogP contribution in [0.2, 0.25) is 0 Å². The summed E-state index contributed by atoms with van der Waals surface area (Å²) < 4.78 is 10.7. The zero-order valence-corrected chi connectivity index (χ0v) is 16.3. The van der Waals surface area contributed by atoms with E-state index in [1.54, 1.807) is 32.4 Å². The summed E-state index contributed by atoms with van der Waals surface area (Å²) in [6.07, 6.45) is 10.3. The lowest BCUT2D eigenvalue weighted by Crippen LogP contribution is -2.33. The summed E-state index contributed by atoms with van der Waals surface area (Å²) >= 11 is 0. The molecule has 1 aromatic rings. The number of imide groups is 1. The molecule has 1 aliphatic heterocycles. The first-order valence-electron chi connectivity index (χ1n) is 10.2. The van der Waals surface area contributed by atoms with Crippen molar-refractivity contribution in [3.63, 3.8) is 0 Å². The maximum atomic E-state index is 13.4. The van der Waals surface area contributed by atoms with Gasteiger partial charge in [0.05, 0.1) is 31.7 Å². The summed E-state index contributed by atoms with van der Waals surface area (Å²) in [7, 11) is 3.12. The van der Waals surface area contributed by atoms with Gasteiger partial charge in [-0.1, -0.05) is 29.7 Å². The molecular formula is C23H25NO4. The first-order chi connectivity index (χ1) is 13.7. The van der Waals surface area contributed by atoms with Crippen LogP contribution in [0.3, 0.4) is 0 Å². The molecule has 0 spiro atoms. The summed E-state index contributed by atoms with van der Waals surface area (Å²) in [4.78, 5) is 28.2. The minimum atomic E-state index is -0.265. The Kier molecular flexibility index (Phi) is 4.07. The van der Waals surface area contributed by atoms with Gasteiger partial charge in [-0.15, -0.1) is 0 Å². The molecule has 1 saturated heterocycles. The zero-order chi connectivity index (χ0) is 19.4. The van der Waals surface area contributed by atoms with Gasteiger partial charge in [-0.3, -0.25) is 9.59 Å². The van der Waals surface area contributed by atoms with Crippen LogP contribution < -0.4 is 14.4 Å². The molecule has 5 heteroatoms. The van der Waals surface area contributed by atoms with Gasteiger partial charge in [-0.05, 0) is 37.8 Å². The number of hydrogen-bond acceptors (Lipinski definition) is 4. The van der Waals surface area contributed by atoms with Gasteiger partial charge >= 0.3 is 0 Å². The minimum absolute atomic E-state index is 0.0915. The third-order valence-corrected chi connectivity index (χ3v) is 6.91. The van der Waals surface area contributed by atoms with E-state index in [4.69, 9.17) is 9.47 Å². The lowest BCUT2D eigenvalue weighted by molar-refractivity contribution is -0.123. The van der Waals surface area contributed by atoms with Gasteiger partial charge in [-0.25, -0.2) is 4.90 Å². The number of hydrogen-bond donors (Lipinski definition) is 0. The molecule has 5 nitrogen and oxygen atoms in total. The fourth-order valence-electron chi connectivity index (χ4n) is 5.71. The Hall–Kier alpha value is -2.56. The molecular weight excluding hydrogens is 354 g/mol. The van der Waals surface area contributed by atoms with Crippen molar-refractivity contribution in [3.8, 4) is 11.5 Å². The molecule has 4 atom stereocenters. The van der Waals surface area contributed by atoms with E-state index in [0.717, 1.165) is 12.8 Å². The van der Waals surface area contributed by atoms with Crippen LogP contribution in [0.4, 0.5) is 5.69 Å². The SMILES string of the molecule is COc1ccc(N2C(=O)[C@@H]3[C@@H](C2=O)[C@H]2C=C[C@@H]3C2=C2CCCCC2)c(OC)c1. The van der Waals surface area contributed by atoms with E-state index in [1.165, 1.54) is 35.3 Å². The van der Waals surface area contributed by atoms with Crippen LogP contribution in [0.5, 0.6) is 11.5 Å². The highest BCUT2D eigenvalue weighted by Gasteiger charge is 2.62. The fourth-order valence-corrected chi connectivity index (χ4v) is 5.71. The maximum absolute atomic E-state index is 13.4. The average Bonchev–Trinajstić information content (AvgIpc) is 3.38. The molecule has 2 bridgehead atoms. The number of methoxy groups -OCH3 is 2. The number of rotatable bonds is 3. The van der Waals surface area contributed by atoms with Gasteiger partial charge in [0.1, 0.15) is 11.5 Å². The van der Waals surface area contributed by atoms with E-state index < -0.39 is 0 Å². The minimum Gasteiger partial charge on any atom is -0.497 e. The van der Waals surface area contributed by atoms with Gasteiger partial charge in [-0.2, -0.15) is 0 Å². The highest BCUT2D eigenvalue weighted by atomic mass is 16.5. The third kappa shape index (κ3) is 2.31. The number of ether oxygens (including phenoxy) is 2. The van der Waals surface area contributed by atoms with E-state index in [2.05, 4.69) is 12.2 Å². The van der Waals surface area contributed by atoms with E-state index in [-0.39, 0.29) is 35.5 Å². The predicted molar refractivity (Wildman–Crippen MR) is 105 cm³/mol. The third-order valence-electron chi connectivity index (χ3n) is 6.91. The Labute approximate surface area is 165 Å². The van der Waals surface area contributed by atoms with Crippen molar-refractivity contribution >= 4 is 17.5 Å². The average molecular weight is 379 g/mol. The van der Waals surface area contributed by atoms with Crippen molar-refractivity contribution in [1.29, 1.82) is 0 Å². The Morgan fingerprint density at radius 2 is 1.54 bits per heavy atom. The number of carbonyl (C=O) groups excluding carboxylic acids is 2. The molecule has 3 aliphatic carbocycles. The van der Waals surface area contributed by atoms with Crippen LogP contribution in [-0.4, -0.2) is 26.0 Å². The van der Waals surface area contributed by atoms with E-state index in [1.807, 2.05) is 0 Å². The van der Waals surface area contributed by atoms with Crippen molar-refractivity contribution in [1.82, 2.24) is 0 Å².